The molecule has 0 spiro atoms. The number of carbonyl (C=O) groups excluding carboxylic acids is 1. The molecule has 0 fully saturated rings. The van der Waals surface area contributed by atoms with Crippen molar-refractivity contribution < 1.29 is 13.9 Å². The Morgan fingerprint density at radius 3 is 2.90 bits per heavy atom. The zero-order valence-electron chi connectivity index (χ0n) is 10.8. The van der Waals surface area contributed by atoms with Crippen LogP contribution < -0.4 is 0 Å². The fourth-order valence-corrected chi connectivity index (χ4v) is 2.45. The Morgan fingerprint density at radius 1 is 1.55 bits per heavy atom. The Morgan fingerprint density at radius 2 is 2.25 bits per heavy atom. The molecule has 1 heterocycles. The predicted octanol–water partition coefficient (Wildman–Crippen LogP) is 3.82. The first-order valence-electron chi connectivity index (χ1n) is 5.80. The number of ether oxygens (including phenoxy) is 1. The molecule has 20 heavy (non-hydrogen) atoms. The van der Waals surface area contributed by atoms with Gasteiger partial charge < -0.3 is 4.74 Å². The average Bonchev–Trinajstić information content (AvgIpc) is 2.79. The van der Waals surface area contributed by atoms with Gasteiger partial charge in [0.2, 0.25) is 0 Å². The van der Waals surface area contributed by atoms with E-state index in [1.54, 1.807) is 26.1 Å². The third-order valence-electron chi connectivity index (χ3n) is 2.68. The van der Waals surface area contributed by atoms with Gasteiger partial charge >= 0.3 is 5.97 Å². The summed E-state index contributed by atoms with van der Waals surface area (Å²) < 4.78 is 20.4. The number of rotatable bonds is 3. The van der Waals surface area contributed by atoms with Crippen LogP contribution in [-0.4, -0.2) is 22.4 Å². The van der Waals surface area contributed by atoms with Crippen LogP contribution in [0.1, 0.15) is 17.4 Å². The maximum atomic E-state index is 13.8. The molecular formula is C13H11BrClFN2O2. The van der Waals surface area contributed by atoms with Crippen LogP contribution in [0.2, 0.25) is 5.02 Å². The van der Waals surface area contributed by atoms with Gasteiger partial charge in [-0.2, -0.15) is 5.10 Å². The lowest BCUT2D eigenvalue weighted by Crippen LogP contribution is -2.05. The number of aryl methyl sites for hydroxylation is 1. The van der Waals surface area contributed by atoms with Crippen LogP contribution in [0.3, 0.4) is 0 Å². The number of halogens is 3. The normalized spacial score (nSPS) is 10.7. The average molecular weight is 362 g/mol. The number of aromatic nitrogens is 2. The highest BCUT2D eigenvalue weighted by Crippen LogP contribution is 2.33. The molecule has 1 aromatic heterocycles. The van der Waals surface area contributed by atoms with E-state index in [4.69, 9.17) is 16.3 Å². The molecule has 0 radical (unpaired) electrons. The SMILES string of the molecule is CCOC(=O)c1cc(-c2ccc(Br)c(F)c2Cl)n(C)n1. The lowest BCUT2D eigenvalue weighted by Gasteiger charge is -2.06. The third kappa shape index (κ3) is 2.71. The highest BCUT2D eigenvalue weighted by atomic mass is 79.9. The summed E-state index contributed by atoms with van der Waals surface area (Å²) in [7, 11) is 1.65. The maximum Gasteiger partial charge on any atom is 0.358 e. The first kappa shape index (κ1) is 15.0. The van der Waals surface area contributed by atoms with Crippen molar-refractivity contribution in [1.29, 1.82) is 0 Å². The number of esters is 1. The first-order chi connectivity index (χ1) is 9.45. The van der Waals surface area contributed by atoms with Gasteiger partial charge in [-0.05, 0) is 41.1 Å². The molecule has 4 nitrogen and oxygen atoms in total. The predicted molar refractivity (Wildman–Crippen MR) is 77.3 cm³/mol. The third-order valence-corrected chi connectivity index (χ3v) is 3.66. The first-order valence-corrected chi connectivity index (χ1v) is 6.97. The molecular weight excluding hydrogens is 351 g/mol. The second-order valence-electron chi connectivity index (χ2n) is 3.98. The second-order valence-corrected chi connectivity index (χ2v) is 5.21. The van der Waals surface area contributed by atoms with Gasteiger partial charge in [-0.1, -0.05) is 11.6 Å². The molecule has 0 unspecified atom stereocenters. The Bertz CT molecular complexity index is 673. The monoisotopic (exact) mass is 360 g/mol. The minimum absolute atomic E-state index is 0.0298. The van der Waals surface area contributed by atoms with Gasteiger partial charge in [-0.15, -0.1) is 0 Å². The van der Waals surface area contributed by atoms with Crippen molar-refractivity contribution in [2.24, 2.45) is 7.05 Å². The largest absolute Gasteiger partial charge is 0.461 e. The number of benzene rings is 1. The fraction of sp³-hybridized carbons (Fsp3) is 0.231. The van der Waals surface area contributed by atoms with Gasteiger partial charge in [-0.3, -0.25) is 4.68 Å². The summed E-state index contributed by atoms with van der Waals surface area (Å²) in [5.74, 6) is -1.08. The molecule has 0 bridgehead atoms. The van der Waals surface area contributed by atoms with E-state index in [1.165, 1.54) is 10.7 Å². The van der Waals surface area contributed by atoms with Crippen LogP contribution in [0, 0.1) is 5.82 Å². The molecule has 7 heteroatoms. The van der Waals surface area contributed by atoms with Crippen molar-refractivity contribution in [2.75, 3.05) is 6.61 Å². The minimum atomic E-state index is -0.553. The summed E-state index contributed by atoms with van der Waals surface area (Å²) in [5, 5.41) is 4.02. The molecule has 2 aromatic rings. The number of hydrogen-bond acceptors (Lipinski definition) is 3. The van der Waals surface area contributed by atoms with Gasteiger partial charge in [0.1, 0.15) is 0 Å². The van der Waals surface area contributed by atoms with Crippen LogP contribution in [-0.2, 0) is 11.8 Å². The lowest BCUT2D eigenvalue weighted by atomic mass is 10.1. The molecule has 0 N–H and O–H groups in total. The van der Waals surface area contributed by atoms with Crippen LogP contribution in [0.4, 0.5) is 4.39 Å². The second kappa shape index (κ2) is 5.93. The standard InChI is InChI=1S/C13H11BrClFN2O2/c1-3-20-13(19)9-6-10(18(2)17-9)7-4-5-8(14)12(16)11(7)15/h4-6H,3H2,1-2H3. The highest BCUT2D eigenvalue weighted by molar-refractivity contribution is 9.10. The molecule has 0 aliphatic carbocycles. The van der Waals surface area contributed by atoms with Crippen molar-refractivity contribution in [3.8, 4) is 11.3 Å². The lowest BCUT2D eigenvalue weighted by molar-refractivity contribution is 0.0518. The molecule has 0 saturated carbocycles. The van der Waals surface area contributed by atoms with E-state index in [-0.39, 0.29) is 21.8 Å². The Hall–Kier alpha value is -1.40. The molecule has 0 amide bonds. The van der Waals surface area contributed by atoms with E-state index in [9.17, 15) is 9.18 Å². The van der Waals surface area contributed by atoms with Gasteiger partial charge in [-0.25, -0.2) is 9.18 Å². The Kier molecular flexibility index (Phi) is 4.45. The van der Waals surface area contributed by atoms with Crippen molar-refractivity contribution >= 4 is 33.5 Å². The van der Waals surface area contributed by atoms with E-state index < -0.39 is 11.8 Å². The molecule has 1 aromatic carbocycles. The molecule has 0 aliphatic rings. The van der Waals surface area contributed by atoms with E-state index in [0.717, 1.165) is 0 Å². The van der Waals surface area contributed by atoms with Gasteiger partial charge in [0, 0.05) is 12.6 Å². The van der Waals surface area contributed by atoms with Crippen molar-refractivity contribution in [2.45, 2.75) is 6.92 Å². The van der Waals surface area contributed by atoms with Gasteiger partial charge in [0.15, 0.2) is 11.5 Å². The summed E-state index contributed by atoms with van der Waals surface area (Å²) in [6.07, 6.45) is 0. The van der Waals surface area contributed by atoms with Crippen molar-refractivity contribution in [3.63, 3.8) is 0 Å². The molecule has 0 atom stereocenters. The van der Waals surface area contributed by atoms with Crippen LogP contribution in [0.25, 0.3) is 11.3 Å². The van der Waals surface area contributed by atoms with Crippen LogP contribution in [0.5, 0.6) is 0 Å². The van der Waals surface area contributed by atoms with E-state index in [2.05, 4.69) is 21.0 Å². The zero-order valence-corrected chi connectivity index (χ0v) is 13.1. The number of carbonyl (C=O) groups is 1. The highest BCUT2D eigenvalue weighted by Gasteiger charge is 2.18. The summed E-state index contributed by atoms with van der Waals surface area (Å²) >= 11 is 9.06. The van der Waals surface area contributed by atoms with Crippen molar-refractivity contribution in [1.82, 2.24) is 9.78 Å². The summed E-state index contributed by atoms with van der Waals surface area (Å²) in [6.45, 7) is 1.97. The molecule has 2 rings (SSSR count). The Labute approximate surface area is 128 Å². The topological polar surface area (TPSA) is 44.1 Å². The summed E-state index contributed by atoms with van der Waals surface area (Å²) in [5.41, 5.74) is 1.14. The zero-order chi connectivity index (χ0) is 14.9. The van der Waals surface area contributed by atoms with E-state index in [1.807, 2.05) is 0 Å². The van der Waals surface area contributed by atoms with Crippen LogP contribution >= 0.6 is 27.5 Å². The number of nitrogens with zero attached hydrogens (tertiary/aromatic N) is 2. The smallest absolute Gasteiger partial charge is 0.358 e. The van der Waals surface area contributed by atoms with Gasteiger partial charge in [0.25, 0.3) is 0 Å². The van der Waals surface area contributed by atoms with E-state index >= 15 is 0 Å². The summed E-state index contributed by atoms with van der Waals surface area (Å²) in [4.78, 5) is 11.6. The molecule has 0 aliphatic heterocycles. The summed E-state index contributed by atoms with van der Waals surface area (Å²) in [6, 6.07) is 4.72. The Balaban J connectivity index is 2.49. The van der Waals surface area contributed by atoms with Crippen LogP contribution in [0.15, 0.2) is 22.7 Å². The minimum Gasteiger partial charge on any atom is -0.461 e. The van der Waals surface area contributed by atoms with E-state index in [0.29, 0.717) is 11.3 Å². The van der Waals surface area contributed by atoms with Gasteiger partial charge in [0.05, 0.1) is 21.8 Å². The molecule has 0 saturated heterocycles. The quantitative estimate of drug-likeness (QED) is 0.617. The fourth-order valence-electron chi connectivity index (χ4n) is 1.75. The number of hydrogen-bond donors (Lipinski definition) is 0. The molecule has 106 valence electrons. The maximum absolute atomic E-state index is 13.8. The van der Waals surface area contributed by atoms with Crippen molar-refractivity contribution in [3.05, 3.63) is 39.2 Å².